The number of hydrogen-bond acceptors (Lipinski definition) is 6. The lowest BCUT2D eigenvalue weighted by Crippen LogP contribution is -2.41. The summed E-state index contributed by atoms with van der Waals surface area (Å²) in [5, 5.41) is 18.1. The van der Waals surface area contributed by atoms with Crippen molar-refractivity contribution in [3.63, 3.8) is 0 Å². The van der Waals surface area contributed by atoms with Gasteiger partial charge < -0.3 is 14.4 Å². The molecular weight excluding hydrogens is 386 g/mol. The van der Waals surface area contributed by atoms with Crippen LogP contribution in [-0.4, -0.2) is 40.9 Å². The zero-order chi connectivity index (χ0) is 20.2. The maximum atomic E-state index is 13.3. The van der Waals surface area contributed by atoms with E-state index in [-0.39, 0.29) is 18.5 Å². The molecule has 1 aliphatic rings. The molecule has 2 atom stereocenters. The Balaban J connectivity index is 1.59. The minimum atomic E-state index is -0.562. The molecule has 3 heterocycles. The summed E-state index contributed by atoms with van der Waals surface area (Å²) in [6, 6.07) is 17.1. The average Bonchev–Trinajstić information content (AvgIpc) is 3.48. The highest BCUT2D eigenvalue weighted by molar-refractivity contribution is 7.12. The van der Waals surface area contributed by atoms with Gasteiger partial charge in [0.1, 0.15) is 11.8 Å². The van der Waals surface area contributed by atoms with Gasteiger partial charge in [-0.05, 0) is 42.6 Å². The number of aliphatic hydroxyl groups excluding tert-OH is 1. The number of rotatable bonds is 7. The van der Waals surface area contributed by atoms with Crippen LogP contribution in [0.3, 0.4) is 0 Å². The molecule has 150 valence electrons. The second kappa shape index (κ2) is 8.63. The van der Waals surface area contributed by atoms with Crippen LogP contribution in [-0.2, 0) is 4.79 Å². The number of nitrogens with zero attached hydrogens (tertiary/aromatic N) is 3. The highest BCUT2D eigenvalue weighted by Gasteiger charge is 2.35. The predicted molar refractivity (Wildman–Crippen MR) is 114 cm³/mol. The molecule has 4 rings (SSSR count). The Morgan fingerprint density at radius 2 is 2.10 bits per heavy atom. The summed E-state index contributed by atoms with van der Waals surface area (Å²) in [5.74, 6) is 0.581. The van der Waals surface area contributed by atoms with E-state index in [1.54, 1.807) is 24.5 Å². The summed E-state index contributed by atoms with van der Waals surface area (Å²) >= 11 is 1.61. The number of carbonyl (C=O) groups excluding carboxylic acids is 1. The molecule has 0 bridgehead atoms. The van der Waals surface area contributed by atoms with E-state index in [0.29, 0.717) is 13.0 Å². The molecule has 0 radical (unpaired) electrons. The molecule has 6 nitrogen and oxygen atoms in total. The van der Waals surface area contributed by atoms with Crippen molar-refractivity contribution in [3.05, 3.63) is 76.9 Å². The number of aliphatic hydroxyl groups is 1. The molecule has 1 aliphatic heterocycles. The number of hydrogen-bond donors (Lipinski definition) is 1. The van der Waals surface area contributed by atoms with Gasteiger partial charge in [-0.25, -0.2) is 5.01 Å². The van der Waals surface area contributed by atoms with E-state index in [9.17, 15) is 9.90 Å². The van der Waals surface area contributed by atoms with E-state index < -0.39 is 6.10 Å². The largest absolute Gasteiger partial charge is 0.467 e. The Hall–Kier alpha value is -2.90. The number of furan rings is 1. The van der Waals surface area contributed by atoms with Crippen molar-refractivity contribution in [2.45, 2.75) is 25.5 Å². The third-order valence-corrected chi connectivity index (χ3v) is 5.69. The lowest BCUT2D eigenvalue weighted by Gasteiger charge is -2.28. The minimum Gasteiger partial charge on any atom is -0.467 e. The van der Waals surface area contributed by atoms with Crippen molar-refractivity contribution < 1.29 is 14.3 Å². The topological polar surface area (TPSA) is 69.3 Å². The quantitative estimate of drug-likeness (QED) is 0.642. The van der Waals surface area contributed by atoms with Gasteiger partial charge in [0, 0.05) is 18.7 Å². The Labute approximate surface area is 173 Å². The molecule has 2 unspecified atom stereocenters. The molecule has 0 saturated carbocycles. The number of anilines is 1. The predicted octanol–water partition coefficient (Wildman–Crippen LogP) is 3.91. The number of hydrazone groups is 1. The van der Waals surface area contributed by atoms with Crippen LogP contribution in [0.4, 0.5) is 5.69 Å². The fourth-order valence-electron chi connectivity index (χ4n) is 3.49. The van der Waals surface area contributed by atoms with Gasteiger partial charge >= 0.3 is 0 Å². The Kier molecular flexibility index (Phi) is 5.78. The Morgan fingerprint density at radius 3 is 2.76 bits per heavy atom. The van der Waals surface area contributed by atoms with Gasteiger partial charge in [-0.3, -0.25) is 4.79 Å². The first-order valence-corrected chi connectivity index (χ1v) is 10.4. The van der Waals surface area contributed by atoms with Gasteiger partial charge in [0.15, 0.2) is 0 Å². The van der Waals surface area contributed by atoms with Crippen LogP contribution in [0.15, 0.2) is 75.8 Å². The number of para-hydroxylation sites is 1. The SMILES string of the molecule is CC(O)CN(CC(=O)N1N=C(c2cccs2)CC1c1ccco1)c1ccccc1. The van der Waals surface area contributed by atoms with Crippen molar-refractivity contribution in [3.8, 4) is 0 Å². The highest BCUT2D eigenvalue weighted by atomic mass is 32.1. The van der Waals surface area contributed by atoms with Crippen LogP contribution < -0.4 is 4.90 Å². The van der Waals surface area contributed by atoms with Crippen molar-refractivity contribution in [1.29, 1.82) is 0 Å². The molecule has 29 heavy (non-hydrogen) atoms. The third kappa shape index (κ3) is 4.41. The van der Waals surface area contributed by atoms with Crippen molar-refractivity contribution in [2.75, 3.05) is 18.0 Å². The summed E-state index contributed by atoms with van der Waals surface area (Å²) in [6.07, 6.45) is 1.67. The van der Waals surface area contributed by atoms with Gasteiger partial charge in [0.05, 0.1) is 29.5 Å². The van der Waals surface area contributed by atoms with Crippen LogP contribution in [0.2, 0.25) is 0 Å². The molecule has 2 aromatic heterocycles. The number of carbonyl (C=O) groups is 1. The van der Waals surface area contributed by atoms with Crippen LogP contribution in [0, 0.1) is 0 Å². The van der Waals surface area contributed by atoms with Crippen molar-refractivity contribution in [1.82, 2.24) is 5.01 Å². The highest BCUT2D eigenvalue weighted by Crippen LogP contribution is 2.34. The number of benzene rings is 1. The smallest absolute Gasteiger partial charge is 0.262 e. The van der Waals surface area contributed by atoms with E-state index in [0.717, 1.165) is 22.0 Å². The summed E-state index contributed by atoms with van der Waals surface area (Å²) < 4.78 is 5.60. The minimum absolute atomic E-state index is 0.118. The van der Waals surface area contributed by atoms with Gasteiger partial charge in [0.25, 0.3) is 5.91 Å². The maximum absolute atomic E-state index is 13.3. The van der Waals surface area contributed by atoms with E-state index in [2.05, 4.69) is 5.10 Å². The number of thiophene rings is 1. The first kappa shape index (κ1) is 19.4. The molecule has 0 spiro atoms. The third-order valence-electron chi connectivity index (χ3n) is 4.78. The zero-order valence-corrected chi connectivity index (χ0v) is 17.0. The van der Waals surface area contributed by atoms with Crippen molar-refractivity contribution in [2.24, 2.45) is 5.10 Å². The number of amides is 1. The molecule has 0 fully saturated rings. The second-order valence-electron chi connectivity index (χ2n) is 7.06. The Morgan fingerprint density at radius 1 is 1.28 bits per heavy atom. The molecule has 0 saturated heterocycles. The fraction of sp³-hybridized carbons (Fsp3) is 0.273. The molecule has 7 heteroatoms. The Bertz CT molecular complexity index is 953. The van der Waals surface area contributed by atoms with Gasteiger partial charge in [-0.1, -0.05) is 24.3 Å². The standard InChI is InChI=1S/C22H23N3O3S/c1-16(26)14-24(17-7-3-2-4-8-17)15-22(27)25-19(20-9-5-11-28-20)13-18(23-25)21-10-6-12-29-21/h2-12,16,19,26H,13-15H2,1H3. The lowest BCUT2D eigenvalue weighted by molar-refractivity contribution is -0.131. The molecule has 1 amide bonds. The average molecular weight is 410 g/mol. The monoisotopic (exact) mass is 409 g/mol. The maximum Gasteiger partial charge on any atom is 0.262 e. The molecule has 1 aromatic carbocycles. The molecule has 3 aromatic rings. The van der Waals surface area contributed by atoms with Crippen LogP contribution >= 0.6 is 11.3 Å². The zero-order valence-electron chi connectivity index (χ0n) is 16.1. The fourth-order valence-corrected chi connectivity index (χ4v) is 4.21. The van der Waals surface area contributed by atoms with E-state index in [1.165, 1.54) is 5.01 Å². The van der Waals surface area contributed by atoms with Gasteiger partial charge in [-0.2, -0.15) is 5.10 Å². The molecule has 1 N–H and O–H groups in total. The van der Waals surface area contributed by atoms with Crippen LogP contribution in [0.1, 0.15) is 30.0 Å². The normalized spacial score (nSPS) is 17.2. The van der Waals surface area contributed by atoms with Crippen LogP contribution in [0.25, 0.3) is 0 Å². The summed E-state index contributed by atoms with van der Waals surface area (Å²) in [7, 11) is 0. The second-order valence-corrected chi connectivity index (χ2v) is 8.01. The van der Waals surface area contributed by atoms with Crippen molar-refractivity contribution >= 4 is 28.6 Å². The van der Waals surface area contributed by atoms with Gasteiger partial charge in [-0.15, -0.1) is 11.3 Å². The molecular formula is C22H23N3O3S. The van der Waals surface area contributed by atoms with E-state index in [1.807, 2.05) is 64.9 Å². The molecule has 0 aliphatic carbocycles. The summed E-state index contributed by atoms with van der Waals surface area (Å²) in [6.45, 7) is 2.19. The summed E-state index contributed by atoms with van der Waals surface area (Å²) in [5.41, 5.74) is 1.77. The first-order chi connectivity index (χ1) is 14.1. The lowest BCUT2D eigenvalue weighted by atomic mass is 10.1. The first-order valence-electron chi connectivity index (χ1n) is 9.56. The van der Waals surface area contributed by atoms with E-state index in [4.69, 9.17) is 4.42 Å². The van der Waals surface area contributed by atoms with Gasteiger partial charge in [0.2, 0.25) is 0 Å². The van der Waals surface area contributed by atoms with E-state index >= 15 is 0 Å². The van der Waals surface area contributed by atoms with Crippen LogP contribution in [0.5, 0.6) is 0 Å². The summed E-state index contributed by atoms with van der Waals surface area (Å²) in [4.78, 5) is 16.2.